The van der Waals surface area contributed by atoms with Crippen LogP contribution in [0.1, 0.15) is 82.8 Å². The van der Waals surface area contributed by atoms with Crippen LogP contribution in [0.2, 0.25) is 0 Å². The number of ether oxygens (including phenoxy) is 2. The Morgan fingerprint density at radius 3 is 1.50 bits per heavy atom. The first-order chi connectivity index (χ1) is 16.9. The highest BCUT2D eigenvalue weighted by atomic mass is 19.4. The van der Waals surface area contributed by atoms with Gasteiger partial charge in [0.2, 0.25) is 0 Å². The molecule has 0 saturated carbocycles. The van der Waals surface area contributed by atoms with Crippen molar-refractivity contribution in [3.63, 3.8) is 0 Å². The van der Waals surface area contributed by atoms with Crippen molar-refractivity contribution < 1.29 is 35.8 Å². The van der Waals surface area contributed by atoms with E-state index in [9.17, 15) is 26.3 Å². The summed E-state index contributed by atoms with van der Waals surface area (Å²) < 4.78 is 87.0. The Labute approximate surface area is 211 Å². The second kappa shape index (κ2) is 15.3. The minimum atomic E-state index is -4.83. The van der Waals surface area contributed by atoms with Crippen molar-refractivity contribution in [3.8, 4) is 11.1 Å². The summed E-state index contributed by atoms with van der Waals surface area (Å²) in [5.74, 6) is -0.330. The molecule has 0 aliphatic heterocycles. The zero-order valence-corrected chi connectivity index (χ0v) is 21.6. The molecule has 2 aromatic carbocycles. The van der Waals surface area contributed by atoms with Gasteiger partial charge in [0.15, 0.2) is 5.79 Å². The van der Waals surface area contributed by atoms with Gasteiger partial charge in [0.05, 0.1) is 11.1 Å². The third-order valence-electron chi connectivity index (χ3n) is 6.14. The van der Waals surface area contributed by atoms with Crippen molar-refractivity contribution in [2.75, 3.05) is 14.2 Å². The first-order valence-electron chi connectivity index (χ1n) is 12.4. The van der Waals surface area contributed by atoms with Gasteiger partial charge in [-0.15, -0.1) is 0 Å². The minimum Gasteiger partial charge on any atom is -0.353 e. The SMILES string of the molecule is CCCCCCCCCC(CC)(OC)OC.FC(F)(F)c1cc(-c2ccccc2)cc(C(F)(F)F)c1. The largest absolute Gasteiger partial charge is 0.416 e. The molecule has 0 saturated heterocycles. The van der Waals surface area contributed by atoms with E-state index >= 15 is 0 Å². The first kappa shape index (κ1) is 32.0. The summed E-state index contributed by atoms with van der Waals surface area (Å²) in [7, 11) is 3.49. The normalized spacial score (nSPS) is 12.3. The molecule has 0 heterocycles. The fourth-order valence-corrected chi connectivity index (χ4v) is 3.86. The Morgan fingerprint density at radius 2 is 1.08 bits per heavy atom. The van der Waals surface area contributed by atoms with Crippen LogP contribution in [-0.4, -0.2) is 20.0 Å². The van der Waals surface area contributed by atoms with E-state index in [2.05, 4.69) is 13.8 Å². The lowest BCUT2D eigenvalue weighted by molar-refractivity contribution is -0.212. The minimum absolute atomic E-state index is 0.117. The fourth-order valence-electron chi connectivity index (χ4n) is 3.86. The highest BCUT2D eigenvalue weighted by molar-refractivity contribution is 5.65. The standard InChI is InChI=1S/C14H8F6.C14H30O2/c15-13(16,17)11-6-10(9-4-2-1-3-5-9)7-12(8-11)14(18,19)20;1-5-7-8-9-10-11-12-13-14(6-2,15-3)16-4/h1-8H;5-13H2,1-4H3. The van der Waals surface area contributed by atoms with Crippen LogP contribution in [0.3, 0.4) is 0 Å². The van der Waals surface area contributed by atoms with E-state index in [1.165, 1.54) is 57.1 Å². The molecule has 0 atom stereocenters. The van der Waals surface area contributed by atoms with E-state index in [-0.39, 0.29) is 17.4 Å². The number of hydrogen-bond acceptors (Lipinski definition) is 2. The van der Waals surface area contributed by atoms with Gasteiger partial charge in [0, 0.05) is 20.6 Å². The lowest BCUT2D eigenvalue weighted by Crippen LogP contribution is -2.32. The molecule has 0 amide bonds. The van der Waals surface area contributed by atoms with Crippen molar-refractivity contribution >= 4 is 0 Å². The lowest BCUT2D eigenvalue weighted by atomic mass is 9.99. The van der Waals surface area contributed by atoms with E-state index in [1.54, 1.807) is 32.4 Å². The average Bonchev–Trinajstić information content (AvgIpc) is 2.86. The van der Waals surface area contributed by atoms with Crippen LogP contribution in [0.15, 0.2) is 48.5 Å². The summed E-state index contributed by atoms with van der Waals surface area (Å²) in [6, 6.07) is 9.17. The molecule has 0 aliphatic rings. The highest BCUT2D eigenvalue weighted by Crippen LogP contribution is 2.38. The molecule has 2 aromatic rings. The Balaban J connectivity index is 0.000000371. The van der Waals surface area contributed by atoms with E-state index in [1.807, 2.05) is 0 Å². The van der Waals surface area contributed by atoms with Gasteiger partial charge in [0.25, 0.3) is 0 Å². The van der Waals surface area contributed by atoms with Crippen molar-refractivity contribution in [1.82, 2.24) is 0 Å². The van der Waals surface area contributed by atoms with Gasteiger partial charge in [-0.05, 0) is 42.2 Å². The molecule has 204 valence electrons. The van der Waals surface area contributed by atoms with Crippen LogP contribution in [0.25, 0.3) is 11.1 Å². The van der Waals surface area contributed by atoms with Crippen LogP contribution in [-0.2, 0) is 21.8 Å². The quantitative estimate of drug-likeness (QED) is 0.157. The molecule has 2 nitrogen and oxygen atoms in total. The van der Waals surface area contributed by atoms with Gasteiger partial charge < -0.3 is 9.47 Å². The molecule has 2 rings (SSSR count). The van der Waals surface area contributed by atoms with Gasteiger partial charge >= 0.3 is 12.4 Å². The molecule has 0 fully saturated rings. The van der Waals surface area contributed by atoms with Gasteiger partial charge in [-0.2, -0.15) is 26.3 Å². The van der Waals surface area contributed by atoms with Crippen molar-refractivity contribution in [3.05, 3.63) is 59.7 Å². The molecule has 0 radical (unpaired) electrons. The molecular formula is C28H38F6O2. The summed E-state index contributed by atoms with van der Waals surface area (Å²) >= 11 is 0. The third-order valence-corrected chi connectivity index (χ3v) is 6.14. The van der Waals surface area contributed by atoms with Crippen molar-refractivity contribution in [2.24, 2.45) is 0 Å². The molecule has 36 heavy (non-hydrogen) atoms. The van der Waals surface area contributed by atoms with Gasteiger partial charge in [0.1, 0.15) is 0 Å². The number of unbranched alkanes of at least 4 members (excludes halogenated alkanes) is 6. The van der Waals surface area contributed by atoms with Crippen LogP contribution >= 0.6 is 0 Å². The van der Waals surface area contributed by atoms with Gasteiger partial charge in [-0.3, -0.25) is 0 Å². The summed E-state index contributed by atoms with van der Waals surface area (Å²) in [5.41, 5.74) is -2.45. The molecule has 0 N–H and O–H groups in total. The monoisotopic (exact) mass is 520 g/mol. The van der Waals surface area contributed by atoms with Crippen molar-refractivity contribution in [2.45, 2.75) is 89.8 Å². The fraction of sp³-hybridized carbons (Fsp3) is 0.571. The topological polar surface area (TPSA) is 18.5 Å². The number of methoxy groups -OCH3 is 2. The number of benzene rings is 2. The predicted molar refractivity (Wildman–Crippen MR) is 132 cm³/mol. The Morgan fingerprint density at radius 1 is 0.611 bits per heavy atom. The third kappa shape index (κ3) is 10.9. The first-order valence-corrected chi connectivity index (χ1v) is 12.4. The summed E-state index contributed by atoms with van der Waals surface area (Å²) in [6.45, 7) is 4.38. The second-order valence-electron chi connectivity index (χ2n) is 8.70. The molecular weight excluding hydrogens is 482 g/mol. The van der Waals surface area contributed by atoms with E-state index in [0.29, 0.717) is 17.7 Å². The lowest BCUT2D eigenvalue weighted by Gasteiger charge is -2.29. The smallest absolute Gasteiger partial charge is 0.353 e. The molecule has 8 heteroatoms. The summed E-state index contributed by atoms with van der Waals surface area (Å²) in [4.78, 5) is 0. The van der Waals surface area contributed by atoms with Crippen LogP contribution in [0.4, 0.5) is 26.3 Å². The number of hydrogen-bond donors (Lipinski definition) is 0. The predicted octanol–water partition coefficient (Wildman–Crippen LogP) is 9.92. The van der Waals surface area contributed by atoms with Crippen LogP contribution < -0.4 is 0 Å². The Hall–Kier alpha value is -2.06. The van der Waals surface area contributed by atoms with Gasteiger partial charge in [-0.1, -0.05) is 82.7 Å². The van der Waals surface area contributed by atoms with Crippen molar-refractivity contribution in [1.29, 1.82) is 0 Å². The molecule has 0 bridgehead atoms. The summed E-state index contributed by atoms with van der Waals surface area (Å²) in [6.07, 6.45) is 1.64. The summed E-state index contributed by atoms with van der Waals surface area (Å²) in [5, 5.41) is 0. The Kier molecular flexibility index (Phi) is 13.5. The maximum atomic E-state index is 12.7. The van der Waals surface area contributed by atoms with Crippen LogP contribution in [0.5, 0.6) is 0 Å². The second-order valence-corrected chi connectivity index (χ2v) is 8.70. The molecule has 0 spiro atoms. The maximum Gasteiger partial charge on any atom is 0.416 e. The number of alkyl halides is 6. The number of halogens is 6. The van der Waals surface area contributed by atoms with Gasteiger partial charge in [-0.25, -0.2) is 0 Å². The Bertz CT molecular complexity index is 818. The maximum absolute atomic E-state index is 12.7. The molecule has 0 aliphatic carbocycles. The van der Waals surface area contributed by atoms with E-state index < -0.39 is 23.5 Å². The van der Waals surface area contributed by atoms with E-state index in [0.717, 1.165) is 12.8 Å². The molecule has 0 aromatic heterocycles. The zero-order valence-electron chi connectivity index (χ0n) is 21.6. The molecule has 0 unspecified atom stereocenters. The average molecular weight is 521 g/mol. The zero-order chi connectivity index (χ0) is 27.2. The van der Waals surface area contributed by atoms with Crippen LogP contribution in [0, 0.1) is 0 Å². The van der Waals surface area contributed by atoms with E-state index in [4.69, 9.17) is 9.47 Å². The highest BCUT2D eigenvalue weighted by Gasteiger charge is 2.37. The number of rotatable bonds is 12.